The van der Waals surface area contributed by atoms with E-state index in [1.54, 1.807) is 0 Å². The molecule has 2 fully saturated rings. The molecule has 3 unspecified atom stereocenters. The second-order valence-corrected chi connectivity index (χ2v) is 8.31. The largest absolute Gasteiger partial charge is 0.312 e. The zero-order chi connectivity index (χ0) is 14.4. The molecule has 1 heterocycles. The van der Waals surface area contributed by atoms with Gasteiger partial charge in [0.25, 0.3) is 0 Å². The number of aryl methyl sites for hydroxylation is 1. The van der Waals surface area contributed by atoms with Crippen LogP contribution >= 0.6 is 22.6 Å². The van der Waals surface area contributed by atoms with Gasteiger partial charge in [0.1, 0.15) is 0 Å². The highest BCUT2D eigenvalue weighted by atomic mass is 127. The van der Waals surface area contributed by atoms with Gasteiger partial charge in [0.05, 0.1) is 0 Å². The van der Waals surface area contributed by atoms with Gasteiger partial charge in [-0.15, -0.1) is 0 Å². The number of benzene rings is 1. The summed E-state index contributed by atoms with van der Waals surface area (Å²) in [4.78, 5) is 14.7. The maximum Gasteiger partial charge on any atom is 0.227 e. The van der Waals surface area contributed by atoms with Crippen molar-refractivity contribution < 1.29 is 4.79 Å². The lowest BCUT2D eigenvalue weighted by molar-refractivity contribution is -0.118. The summed E-state index contributed by atoms with van der Waals surface area (Å²) in [7, 11) is 0. The van der Waals surface area contributed by atoms with Crippen LogP contribution in [0.4, 0.5) is 5.69 Å². The molecule has 3 heteroatoms. The van der Waals surface area contributed by atoms with E-state index < -0.39 is 0 Å². The monoisotopic (exact) mass is 395 g/mol. The average molecular weight is 395 g/mol. The Morgan fingerprint density at radius 3 is 2.86 bits per heavy atom. The number of carbonyl (C=O) groups is 1. The van der Waals surface area contributed by atoms with Crippen molar-refractivity contribution in [1.29, 1.82) is 0 Å². The molecule has 1 aliphatic heterocycles. The van der Waals surface area contributed by atoms with E-state index in [4.69, 9.17) is 0 Å². The minimum Gasteiger partial charge on any atom is -0.312 e. The standard InChI is InChI=1S/C18H22INO/c19-16-6-7-17-14(10-16)2-1-3-18(21)20(17)11-15-9-12-4-5-13(15)8-12/h6-7,10,12-13,15H,1-5,8-9,11H2. The zero-order valence-electron chi connectivity index (χ0n) is 12.4. The van der Waals surface area contributed by atoms with E-state index in [9.17, 15) is 4.79 Å². The minimum atomic E-state index is 0.345. The number of rotatable bonds is 2. The molecule has 1 aromatic rings. The molecule has 0 N–H and O–H groups in total. The fourth-order valence-electron chi connectivity index (χ4n) is 4.75. The van der Waals surface area contributed by atoms with E-state index in [-0.39, 0.29) is 0 Å². The van der Waals surface area contributed by atoms with Gasteiger partial charge >= 0.3 is 0 Å². The van der Waals surface area contributed by atoms with E-state index in [0.29, 0.717) is 12.3 Å². The Balaban J connectivity index is 1.62. The van der Waals surface area contributed by atoms with Crippen LogP contribution in [0, 0.1) is 21.3 Å². The summed E-state index contributed by atoms with van der Waals surface area (Å²) < 4.78 is 1.28. The molecule has 0 spiro atoms. The fourth-order valence-corrected chi connectivity index (χ4v) is 5.31. The molecule has 21 heavy (non-hydrogen) atoms. The molecule has 3 atom stereocenters. The summed E-state index contributed by atoms with van der Waals surface area (Å²) in [5.74, 6) is 2.94. The molecule has 0 saturated heterocycles. The predicted octanol–water partition coefficient (Wildman–Crippen LogP) is 4.40. The Hall–Kier alpha value is -0.580. The number of halogens is 1. The van der Waals surface area contributed by atoms with Crippen LogP contribution in [-0.4, -0.2) is 12.5 Å². The molecule has 3 aliphatic rings. The highest BCUT2D eigenvalue weighted by molar-refractivity contribution is 14.1. The molecule has 2 aliphatic carbocycles. The Kier molecular flexibility index (Phi) is 3.72. The second kappa shape index (κ2) is 5.56. The minimum absolute atomic E-state index is 0.345. The summed E-state index contributed by atoms with van der Waals surface area (Å²) in [5, 5.41) is 0. The van der Waals surface area contributed by atoms with Crippen molar-refractivity contribution in [2.24, 2.45) is 17.8 Å². The SMILES string of the molecule is O=C1CCCc2cc(I)ccc2N1CC1CC2CCC1C2. The van der Waals surface area contributed by atoms with Crippen LogP contribution < -0.4 is 4.90 Å². The average Bonchev–Trinajstić information content (AvgIpc) is 3.04. The van der Waals surface area contributed by atoms with Crippen molar-refractivity contribution in [2.75, 3.05) is 11.4 Å². The van der Waals surface area contributed by atoms with Gasteiger partial charge in [-0.25, -0.2) is 0 Å². The molecule has 112 valence electrons. The summed E-state index contributed by atoms with van der Waals surface area (Å²) >= 11 is 2.37. The quantitative estimate of drug-likeness (QED) is 0.680. The van der Waals surface area contributed by atoms with Gasteiger partial charge in [0, 0.05) is 22.2 Å². The summed E-state index contributed by atoms with van der Waals surface area (Å²) in [5.41, 5.74) is 2.57. The molecule has 2 bridgehead atoms. The smallest absolute Gasteiger partial charge is 0.227 e. The molecule has 1 amide bonds. The van der Waals surface area contributed by atoms with Crippen LogP contribution in [0.5, 0.6) is 0 Å². The molecule has 4 rings (SSSR count). The van der Waals surface area contributed by atoms with Gasteiger partial charge in [-0.05, 0) is 96.2 Å². The first-order valence-electron chi connectivity index (χ1n) is 8.29. The summed E-state index contributed by atoms with van der Waals surface area (Å²) in [6.07, 6.45) is 8.37. The first-order valence-corrected chi connectivity index (χ1v) is 9.37. The van der Waals surface area contributed by atoms with Gasteiger partial charge < -0.3 is 4.90 Å². The van der Waals surface area contributed by atoms with Gasteiger partial charge in [0.2, 0.25) is 5.91 Å². The third-order valence-corrected chi connectivity index (χ3v) is 6.44. The molecular weight excluding hydrogens is 373 g/mol. The number of nitrogens with zero attached hydrogens (tertiary/aromatic N) is 1. The van der Waals surface area contributed by atoms with Crippen LogP contribution in [-0.2, 0) is 11.2 Å². The zero-order valence-corrected chi connectivity index (χ0v) is 14.5. The lowest BCUT2D eigenvalue weighted by Gasteiger charge is -2.30. The molecule has 0 aromatic heterocycles. The Morgan fingerprint density at radius 1 is 1.19 bits per heavy atom. The first-order chi connectivity index (χ1) is 10.2. The third kappa shape index (κ3) is 2.62. The number of amides is 1. The number of carbonyl (C=O) groups excluding carboxylic acids is 1. The van der Waals surface area contributed by atoms with Crippen LogP contribution in [0.1, 0.15) is 44.1 Å². The van der Waals surface area contributed by atoms with E-state index >= 15 is 0 Å². The third-order valence-electron chi connectivity index (χ3n) is 5.77. The lowest BCUT2D eigenvalue weighted by Crippen LogP contribution is -2.36. The number of hydrogen-bond donors (Lipinski definition) is 0. The number of fused-ring (bicyclic) bond motifs is 3. The molecule has 2 saturated carbocycles. The normalized spacial score (nSPS) is 31.4. The number of hydrogen-bond acceptors (Lipinski definition) is 1. The Morgan fingerprint density at radius 2 is 2.10 bits per heavy atom. The molecule has 2 nitrogen and oxygen atoms in total. The van der Waals surface area contributed by atoms with E-state index in [0.717, 1.165) is 37.1 Å². The first kappa shape index (κ1) is 14.0. The topological polar surface area (TPSA) is 20.3 Å². The number of anilines is 1. The lowest BCUT2D eigenvalue weighted by atomic mass is 9.88. The molecular formula is C18H22INO. The van der Waals surface area contributed by atoms with E-state index in [2.05, 4.69) is 45.7 Å². The van der Waals surface area contributed by atoms with E-state index in [1.165, 1.54) is 40.5 Å². The maximum absolute atomic E-state index is 12.6. The fraction of sp³-hybridized carbons (Fsp3) is 0.611. The maximum atomic E-state index is 12.6. The van der Waals surface area contributed by atoms with Gasteiger partial charge in [0.15, 0.2) is 0 Å². The van der Waals surface area contributed by atoms with Crippen molar-refractivity contribution in [2.45, 2.75) is 44.9 Å². The van der Waals surface area contributed by atoms with Crippen molar-refractivity contribution in [3.63, 3.8) is 0 Å². The van der Waals surface area contributed by atoms with Gasteiger partial charge in [-0.3, -0.25) is 4.79 Å². The summed E-state index contributed by atoms with van der Waals surface area (Å²) in [6, 6.07) is 6.58. The van der Waals surface area contributed by atoms with Gasteiger partial charge in [-0.2, -0.15) is 0 Å². The predicted molar refractivity (Wildman–Crippen MR) is 93.4 cm³/mol. The van der Waals surface area contributed by atoms with Crippen LogP contribution in [0.2, 0.25) is 0 Å². The Labute approximate surface area is 140 Å². The van der Waals surface area contributed by atoms with Crippen molar-refractivity contribution in [3.05, 3.63) is 27.3 Å². The second-order valence-electron chi connectivity index (χ2n) is 7.07. The van der Waals surface area contributed by atoms with Gasteiger partial charge in [-0.1, -0.05) is 6.42 Å². The highest BCUT2D eigenvalue weighted by Gasteiger charge is 2.41. The highest BCUT2D eigenvalue weighted by Crippen LogP contribution is 2.49. The van der Waals surface area contributed by atoms with Crippen LogP contribution in [0.3, 0.4) is 0 Å². The van der Waals surface area contributed by atoms with Crippen molar-refractivity contribution in [3.8, 4) is 0 Å². The van der Waals surface area contributed by atoms with Crippen LogP contribution in [0.15, 0.2) is 18.2 Å². The Bertz CT molecular complexity index is 570. The summed E-state index contributed by atoms with van der Waals surface area (Å²) in [6.45, 7) is 0.966. The molecule has 1 aromatic carbocycles. The van der Waals surface area contributed by atoms with Crippen LogP contribution in [0.25, 0.3) is 0 Å². The van der Waals surface area contributed by atoms with Crippen molar-refractivity contribution >= 4 is 34.2 Å². The van der Waals surface area contributed by atoms with Crippen molar-refractivity contribution in [1.82, 2.24) is 0 Å². The molecule has 0 radical (unpaired) electrons. The van der Waals surface area contributed by atoms with E-state index in [1.807, 2.05) is 0 Å².